The van der Waals surface area contributed by atoms with Crippen LogP contribution in [0.3, 0.4) is 0 Å². The van der Waals surface area contributed by atoms with Crippen LogP contribution in [0, 0.1) is 5.82 Å². The summed E-state index contributed by atoms with van der Waals surface area (Å²) in [6, 6.07) is 4.84. The summed E-state index contributed by atoms with van der Waals surface area (Å²) in [6.07, 6.45) is 0.201. The van der Waals surface area contributed by atoms with Crippen molar-refractivity contribution in [3.05, 3.63) is 29.6 Å². The van der Waals surface area contributed by atoms with E-state index in [-0.39, 0.29) is 16.7 Å². The number of rotatable bonds is 6. The molecule has 0 saturated carbocycles. The van der Waals surface area contributed by atoms with Gasteiger partial charge in [0.2, 0.25) is 0 Å². The summed E-state index contributed by atoms with van der Waals surface area (Å²) in [5.74, 6) is -0.392. The molecule has 1 aromatic rings. The average Bonchev–Trinajstić information content (AvgIpc) is 2.27. The van der Waals surface area contributed by atoms with Gasteiger partial charge in [0.25, 0.3) is 0 Å². The molecule has 0 aliphatic heterocycles. The topological polar surface area (TPSA) is 38.5 Å². The zero-order chi connectivity index (χ0) is 13.7. The molecule has 2 N–H and O–H groups in total. The first-order chi connectivity index (χ1) is 8.41. The van der Waals surface area contributed by atoms with E-state index in [1.807, 2.05) is 25.8 Å². The van der Waals surface area contributed by atoms with Crippen LogP contribution in [-0.2, 0) is 4.74 Å². The third-order valence-electron chi connectivity index (χ3n) is 2.54. The van der Waals surface area contributed by atoms with Crippen molar-refractivity contribution >= 4 is 22.9 Å². The maximum absolute atomic E-state index is 13.7. The van der Waals surface area contributed by atoms with Gasteiger partial charge >= 0.3 is 0 Å². The van der Waals surface area contributed by atoms with Crippen LogP contribution in [-0.4, -0.2) is 31.3 Å². The van der Waals surface area contributed by atoms with Gasteiger partial charge in [-0.1, -0.05) is 12.2 Å². The van der Waals surface area contributed by atoms with Gasteiger partial charge in [-0.15, -0.1) is 0 Å². The lowest BCUT2D eigenvalue weighted by atomic mass is 10.2. The minimum absolute atomic E-state index is 0.0739. The van der Waals surface area contributed by atoms with Crippen molar-refractivity contribution in [2.24, 2.45) is 5.73 Å². The van der Waals surface area contributed by atoms with E-state index in [2.05, 4.69) is 0 Å². The fourth-order valence-electron chi connectivity index (χ4n) is 1.50. The highest BCUT2D eigenvalue weighted by Gasteiger charge is 2.08. The van der Waals surface area contributed by atoms with Crippen LogP contribution in [0.5, 0.6) is 0 Å². The molecule has 3 nitrogen and oxygen atoms in total. The van der Waals surface area contributed by atoms with Crippen molar-refractivity contribution in [3.8, 4) is 0 Å². The predicted octanol–water partition coefficient (Wildman–Crippen LogP) is 2.32. The Kier molecular flexibility index (Phi) is 5.50. The molecule has 0 fully saturated rings. The molecule has 0 aliphatic carbocycles. The zero-order valence-electron chi connectivity index (χ0n) is 10.9. The molecule has 0 amide bonds. The average molecular weight is 270 g/mol. The quantitative estimate of drug-likeness (QED) is 0.805. The monoisotopic (exact) mass is 270 g/mol. The van der Waals surface area contributed by atoms with Crippen LogP contribution in [0.1, 0.15) is 19.4 Å². The van der Waals surface area contributed by atoms with E-state index in [0.717, 1.165) is 5.69 Å². The van der Waals surface area contributed by atoms with Crippen molar-refractivity contribution in [1.29, 1.82) is 0 Å². The van der Waals surface area contributed by atoms with E-state index in [0.29, 0.717) is 13.2 Å². The van der Waals surface area contributed by atoms with Crippen molar-refractivity contribution in [2.75, 3.05) is 25.1 Å². The Labute approximate surface area is 113 Å². The second kappa shape index (κ2) is 6.66. The third-order valence-corrected chi connectivity index (χ3v) is 2.76. The molecule has 0 spiro atoms. The van der Waals surface area contributed by atoms with Crippen molar-refractivity contribution < 1.29 is 9.13 Å². The molecule has 0 radical (unpaired) electrons. The number of hydrogen-bond acceptors (Lipinski definition) is 3. The summed E-state index contributed by atoms with van der Waals surface area (Å²) in [5.41, 5.74) is 6.47. The van der Waals surface area contributed by atoms with Gasteiger partial charge in [-0.2, -0.15) is 0 Å². The molecular weight excluding hydrogens is 251 g/mol. The Hall–Kier alpha value is -1.20. The normalized spacial score (nSPS) is 10.7. The van der Waals surface area contributed by atoms with E-state index in [1.165, 1.54) is 6.07 Å². The van der Waals surface area contributed by atoms with Gasteiger partial charge in [-0.25, -0.2) is 4.39 Å². The SMILES string of the molecule is CC(C)OCCN(C)c1ccc(C(N)=S)c(F)c1. The lowest BCUT2D eigenvalue weighted by Gasteiger charge is -2.20. The van der Waals surface area contributed by atoms with E-state index in [1.54, 1.807) is 12.1 Å². The summed E-state index contributed by atoms with van der Waals surface area (Å²) in [5, 5.41) is 0. The number of nitrogens with zero attached hydrogens (tertiary/aromatic N) is 1. The summed E-state index contributed by atoms with van der Waals surface area (Å²) in [6.45, 7) is 5.27. The van der Waals surface area contributed by atoms with Gasteiger partial charge in [0, 0.05) is 24.8 Å². The molecule has 1 aromatic carbocycles. The highest BCUT2D eigenvalue weighted by molar-refractivity contribution is 7.80. The standard InChI is InChI=1S/C13H19FN2OS/c1-9(2)17-7-6-16(3)10-4-5-11(13(15)18)12(14)8-10/h4-5,8-9H,6-7H2,1-3H3,(H2,15,18). The van der Waals surface area contributed by atoms with Gasteiger partial charge in [0.05, 0.1) is 12.7 Å². The van der Waals surface area contributed by atoms with E-state index < -0.39 is 5.82 Å². The number of anilines is 1. The number of likely N-dealkylation sites (N-methyl/N-ethyl adjacent to an activating group) is 1. The van der Waals surface area contributed by atoms with E-state index in [4.69, 9.17) is 22.7 Å². The number of ether oxygens (including phenoxy) is 1. The number of hydrogen-bond donors (Lipinski definition) is 1. The van der Waals surface area contributed by atoms with Crippen molar-refractivity contribution in [1.82, 2.24) is 0 Å². The third kappa shape index (κ3) is 4.23. The van der Waals surface area contributed by atoms with Gasteiger partial charge in [-0.3, -0.25) is 0 Å². The molecule has 0 aliphatic rings. The Balaban J connectivity index is 2.66. The number of nitrogens with two attached hydrogens (primary N) is 1. The second-order valence-electron chi connectivity index (χ2n) is 4.37. The lowest BCUT2D eigenvalue weighted by Crippen LogP contribution is -2.24. The highest BCUT2D eigenvalue weighted by Crippen LogP contribution is 2.17. The molecular formula is C13H19FN2OS. The fraction of sp³-hybridized carbons (Fsp3) is 0.462. The van der Waals surface area contributed by atoms with Gasteiger partial charge < -0.3 is 15.4 Å². The Morgan fingerprint density at radius 1 is 1.50 bits per heavy atom. The van der Waals surface area contributed by atoms with Gasteiger partial charge in [0.15, 0.2) is 0 Å². The van der Waals surface area contributed by atoms with Crippen LogP contribution in [0.4, 0.5) is 10.1 Å². The Morgan fingerprint density at radius 2 is 2.17 bits per heavy atom. The molecule has 0 heterocycles. The number of benzene rings is 1. The minimum atomic E-state index is -0.392. The van der Waals surface area contributed by atoms with E-state index >= 15 is 0 Å². The van der Waals surface area contributed by atoms with Crippen LogP contribution in [0.2, 0.25) is 0 Å². The zero-order valence-corrected chi connectivity index (χ0v) is 11.8. The molecule has 0 bridgehead atoms. The highest BCUT2D eigenvalue weighted by atomic mass is 32.1. The molecule has 0 atom stereocenters. The lowest BCUT2D eigenvalue weighted by molar-refractivity contribution is 0.0846. The van der Waals surface area contributed by atoms with Gasteiger partial charge in [-0.05, 0) is 32.0 Å². The summed E-state index contributed by atoms with van der Waals surface area (Å²) < 4.78 is 19.1. The number of thiocarbonyl (C=S) groups is 1. The van der Waals surface area contributed by atoms with Crippen LogP contribution >= 0.6 is 12.2 Å². The molecule has 0 unspecified atom stereocenters. The largest absolute Gasteiger partial charge is 0.389 e. The predicted molar refractivity (Wildman–Crippen MR) is 76.6 cm³/mol. The van der Waals surface area contributed by atoms with Crippen LogP contribution in [0.15, 0.2) is 18.2 Å². The smallest absolute Gasteiger partial charge is 0.135 e. The second-order valence-corrected chi connectivity index (χ2v) is 4.81. The van der Waals surface area contributed by atoms with Crippen molar-refractivity contribution in [3.63, 3.8) is 0 Å². The fourth-order valence-corrected chi connectivity index (χ4v) is 1.66. The first kappa shape index (κ1) is 14.9. The molecule has 100 valence electrons. The van der Waals surface area contributed by atoms with E-state index in [9.17, 15) is 4.39 Å². The molecule has 1 rings (SSSR count). The van der Waals surface area contributed by atoms with Crippen molar-refractivity contribution in [2.45, 2.75) is 20.0 Å². The minimum Gasteiger partial charge on any atom is -0.389 e. The maximum Gasteiger partial charge on any atom is 0.135 e. The van der Waals surface area contributed by atoms with Gasteiger partial charge in [0.1, 0.15) is 10.8 Å². The number of halogens is 1. The summed E-state index contributed by atoms with van der Waals surface area (Å²) in [7, 11) is 1.89. The molecule has 18 heavy (non-hydrogen) atoms. The van der Waals surface area contributed by atoms with Crippen LogP contribution in [0.25, 0.3) is 0 Å². The molecule has 0 aromatic heterocycles. The molecule has 5 heteroatoms. The molecule has 0 saturated heterocycles. The Morgan fingerprint density at radius 3 is 2.67 bits per heavy atom. The maximum atomic E-state index is 13.7. The van der Waals surface area contributed by atoms with Crippen LogP contribution < -0.4 is 10.6 Å². The summed E-state index contributed by atoms with van der Waals surface area (Å²) >= 11 is 4.76. The summed E-state index contributed by atoms with van der Waals surface area (Å²) in [4.78, 5) is 2.00. The Bertz CT molecular complexity index is 423. The first-order valence-corrected chi connectivity index (χ1v) is 6.24. The first-order valence-electron chi connectivity index (χ1n) is 5.84.